The summed E-state index contributed by atoms with van der Waals surface area (Å²) in [6, 6.07) is 7.50. The van der Waals surface area contributed by atoms with Crippen molar-refractivity contribution in [1.29, 1.82) is 0 Å². The molecule has 16 heavy (non-hydrogen) atoms. The highest BCUT2D eigenvalue weighted by Gasteiger charge is 2.23. The Bertz CT molecular complexity index is 355. The van der Waals surface area contributed by atoms with Gasteiger partial charge in [-0.25, -0.2) is 0 Å². The molecular weight excluding hydrogens is 220 g/mol. The summed E-state index contributed by atoms with van der Waals surface area (Å²) in [6.45, 7) is 2.06. The van der Waals surface area contributed by atoms with Crippen molar-refractivity contribution < 1.29 is 9.53 Å². The zero-order chi connectivity index (χ0) is 11.4. The second-order valence-corrected chi connectivity index (χ2v) is 5.18. The molecule has 0 saturated heterocycles. The van der Waals surface area contributed by atoms with E-state index in [0.29, 0.717) is 11.9 Å². The highest BCUT2D eigenvalue weighted by Crippen LogP contribution is 2.26. The van der Waals surface area contributed by atoms with Gasteiger partial charge in [0.2, 0.25) is 0 Å². The lowest BCUT2D eigenvalue weighted by Gasteiger charge is -2.05. The van der Waals surface area contributed by atoms with Gasteiger partial charge in [-0.05, 0) is 42.9 Å². The van der Waals surface area contributed by atoms with Crippen molar-refractivity contribution in [3.8, 4) is 5.75 Å². The third-order valence-corrected chi connectivity index (χ3v) is 3.32. The number of carbonyl (C=O) groups is 1. The summed E-state index contributed by atoms with van der Waals surface area (Å²) in [5.41, 5.74) is 0.782. The van der Waals surface area contributed by atoms with Gasteiger partial charge in [-0.3, -0.25) is 4.79 Å². The predicted octanol–water partition coefficient (Wildman–Crippen LogP) is 3.16. The van der Waals surface area contributed by atoms with E-state index in [2.05, 4.69) is 6.92 Å². The van der Waals surface area contributed by atoms with Crippen molar-refractivity contribution in [2.75, 3.05) is 11.5 Å². The van der Waals surface area contributed by atoms with Crippen LogP contribution in [-0.4, -0.2) is 23.4 Å². The SMILES string of the molecule is CCSCC(=O)c1ccc(OC2CC2)cc1. The Hall–Kier alpha value is -0.960. The van der Waals surface area contributed by atoms with Crippen LogP contribution in [-0.2, 0) is 0 Å². The van der Waals surface area contributed by atoms with Crippen LogP contribution < -0.4 is 4.74 Å². The van der Waals surface area contributed by atoms with Crippen molar-refractivity contribution in [2.24, 2.45) is 0 Å². The monoisotopic (exact) mass is 236 g/mol. The number of hydrogen-bond acceptors (Lipinski definition) is 3. The number of Topliss-reactive ketones (excluding diaryl/α,β-unsaturated/α-hetero) is 1. The van der Waals surface area contributed by atoms with Crippen molar-refractivity contribution in [3.05, 3.63) is 29.8 Å². The number of rotatable bonds is 6. The van der Waals surface area contributed by atoms with Crippen LogP contribution in [0.2, 0.25) is 0 Å². The largest absolute Gasteiger partial charge is 0.490 e. The Kier molecular flexibility index (Phi) is 3.88. The molecule has 1 saturated carbocycles. The molecule has 1 fully saturated rings. The van der Waals surface area contributed by atoms with E-state index >= 15 is 0 Å². The van der Waals surface area contributed by atoms with Gasteiger partial charge in [-0.15, -0.1) is 0 Å². The molecule has 86 valence electrons. The van der Waals surface area contributed by atoms with Gasteiger partial charge < -0.3 is 4.74 Å². The van der Waals surface area contributed by atoms with Crippen LogP contribution in [0.1, 0.15) is 30.1 Å². The third kappa shape index (κ3) is 3.27. The van der Waals surface area contributed by atoms with Crippen LogP contribution in [0.15, 0.2) is 24.3 Å². The van der Waals surface area contributed by atoms with Crippen molar-refractivity contribution >= 4 is 17.5 Å². The zero-order valence-corrected chi connectivity index (χ0v) is 10.3. The lowest BCUT2D eigenvalue weighted by molar-refractivity contribution is 0.102. The minimum Gasteiger partial charge on any atom is -0.490 e. The summed E-state index contributed by atoms with van der Waals surface area (Å²) in [4.78, 5) is 11.7. The maximum atomic E-state index is 11.7. The number of ether oxygens (including phenoxy) is 1. The Balaban J connectivity index is 1.92. The van der Waals surface area contributed by atoms with Crippen LogP contribution in [0.4, 0.5) is 0 Å². The summed E-state index contributed by atoms with van der Waals surface area (Å²) in [5, 5.41) is 0. The van der Waals surface area contributed by atoms with E-state index in [-0.39, 0.29) is 5.78 Å². The van der Waals surface area contributed by atoms with E-state index in [1.54, 1.807) is 11.8 Å². The average Bonchev–Trinajstić information content (AvgIpc) is 3.11. The summed E-state index contributed by atoms with van der Waals surface area (Å²) >= 11 is 1.66. The number of ketones is 1. The summed E-state index contributed by atoms with van der Waals surface area (Å²) in [6.07, 6.45) is 2.74. The fourth-order valence-corrected chi connectivity index (χ4v) is 1.93. The molecular formula is C13H16O2S. The molecule has 3 heteroatoms. The van der Waals surface area contributed by atoms with Gasteiger partial charge in [0.05, 0.1) is 11.9 Å². The Morgan fingerprint density at radius 3 is 2.62 bits per heavy atom. The first-order chi connectivity index (χ1) is 7.79. The average molecular weight is 236 g/mol. The van der Waals surface area contributed by atoms with Crippen LogP contribution >= 0.6 is 11.8 Å². The molecule has 0 unspecified atom stereocenters. The normalized spacial score (nSPS) is 14.8. The topological polar surface area (TPSA) is 26.3 Å². The van der Waals surface area contributed by atoms with Gasteiger partial charge in [0.1, 0.15) is 5.75 Å². The predicted molar refractivity (Wildman–Crippen MR) is 67.4 cm³/mol. The molecule has 0 spiro atoms. The summed E-state index contributed by atoms with van der Waals surface area (Å²) < 4.78 is 5.62. The van der Waals surface area contributed by atoms with Gasteiger partial charge in [0.15, 0.2) is 5.78 Å². The molecule has 0 N–H and O–H groups in total. The van der Waals surface area contributed by atoms with Crippen molar-refractivity contribution in [2.45, 2.75) is 25.9 Å². The zero-order valence-electron chi connectivity index (χ0n) is 9.44. The molecule has 0 radical (unpaired) electrons. The molecule has 1 aliphatic rings. The van der Waals surface area contributed by atoms with Crippen LogP contribution in [0.5, 0.6) is 5.75 Å². The molecule has 0 heterocycles. The first-order valence-corrected chi connectivity index (χ1v) is 6.82. The van der Waals surface area contributed by atoms with Crippen molar-refractivity contribution in [1.82, 2.24) is 0 Å². The summed E-state index contributed by atoms with van der Waals surface area (Å²) in [7, 11) is 0. The smallest absolute Gasteiger partial charge is 0.172 e. The molecule has 0 amide bonds. The Labute approximate surface area is 100 Å². The maximum absolute atomic E-state index is 11.7. The second-order valence-electron chi connectivity index (χ2n) is 3.90. The highest BCUT2D eigenvalue weighted by atomic mass is 32.2. The lowest BCUT2D eigenvalue weighted by atomic mass is 10.1. The van der Waals surface area contributed by atoms with Gasteiger partial charge in [-0.2, -0.15) is 11.8 Å². The standard InChI is InChI=1S/C13H16O2S/c1-2-16-9-13(14)10-3-5-11(6-4-10)15-12-7-8-12/h3-6,12H,2,7-9H2,1H3. The van der Waals surface area contributed by atoms with E-state index in [9.17, 15) is 4.79 Å². The molecule has 1 aromatic carbocycles. The Morgan fingerprint density at radius 2 is 2.06 bits per heavy atom. The van der Waals surface area contributed by atoms with E-state index < -0.39 is 0 Å². The molecule has 1 aromatic rings. The summed E-state index contributed by atoms with van der Waals surface area (Å²) in [5.74, 6) is 2.63. The van der Waals surface area contributed by atoms with Gasteiger partial charge in [-0.1, -0.05) is 6.92 Å². The van der Waals surface area contributed by atoms with Gasteiger partial charge in [0, 0.05) is 5.56 Å². The Morgan fingerprint density at radius 1 is 1.38 bits per heavy atom. The van der Waals surface area contributed by atoms with E-state index in [1.165, 1.54) is 0 Å². The second kappa shape index (κ2) is 5.39. The first kappa shape index (κ1) is 11.5. The molecule has 0 aliphatic heterocycles. The van der Waals surface area contributed by atoms with Crippen molar-refractivity contribution in [3.63, 3.8) is 0 Å². The maximum Gasteiger partial charge on any atom is 0.172 e. The van der Waals surface area contributed by atoms with Gasteiger partial charge >= 0.3 is 0 Å². The van der Waals surface area contributed by atoms with Gasteiger partial charge in [0.25, 0.3) is 0 Å². The number of hydrogen-bond donors (Lipinski definition) is 0. The van der Waals surface area contributed by atoms with Crippen LogP contribution in [0, 0.1) is 0 Å². The van der Waals surface area contributed by atoms with Crippen LogP contribution in [0.25, 0.3) is 0 Å². The quantitative estimate of drug-likeness (QED) is 0.710. The molecule has 1 aliphatic carbocycles. The van der Waals surface area contributed by atoms with E-state index in [1.807, 2.05) is 24.3 Å². The molecule has 0 bridgehead atoms. The molecule has 2 rings (SSSR count). The molecule has 0 atom stereocenters. The van der Waals surface area contributed by atoms with E-state index in [0.717, 1.165) is 29.9 Å². The first-order valence-electron chi connectivity index (χ1n) is 5.67. The molecule has 2 nitrogen and oxygen atoms in total. The number of thioether (sulfide) groups is 1. The fourth-order valence-electron chi connectivity index (χ4n) is 1.38. The van der Waals surface area contributed by atoms with Crippen LogP contribution in [0.3, 0.4) is 0 Å². The fraction of sp³-hybridized carbons (Fsp3) is 0.462. The number of benzene rings is 1. The minimum absolute atomic E-state index is 0.199. The minimum atomic E-state index is 0.199. The lowest BCUT2D eigenvalue weighted by Crippen LogP contribution is -2.03. The van der Waals surface area contributed by atoms with E-state index in [4.69, 9.17) is 4.74 Å². The highest BCUT2D eigenvalue weighted by molar-refractivity contribution is 7.99. The number of carbonyl (C=O) groups excluding carboxylic acids is 1. The molecule has 0 aromatic heterocycles. The third-order valence-electron chi connectivity index (χ3n) is 2.44.